The molecule has 0 aromatic rings. The van der Waals surface area contributed by atoms with Gasteiger partial charge in [-0.2, -0.15) is 13.2 Å². The summed E-state index contributed by atoms with van der Waals surface area (Å²) in [6, 6.07) is 0. The van der Waals surface area contributed by atoms with Crippen LogP contribution in [-0.2, 0) is 4.79 Å². The van der Waals surface area contributed by atoms with Gasteiger partial charge in [0.15, 0.2) is 0 Å². The second kappa shape index (κ2) is 5.09. The summed E-state index contributed by atoms with van der Waals surface area (Å²) in [5.41, 5.74) is -4.33. The van der Waals surface area contributed by atoms with E-state index < -0.39 is 16.7 Å². The lowest BCUT2D eigenvalue weighted by Gasteiger charge is -2.29. The fraction of sp³-hybridized carbons (Fsp3) is 0.889. The molecular weight excluding hydrogens is 227 g/mol. The molecular formula is C9H14F3NOS. The predicted molar refractivity (Wildman–Crippen MR) is 53.5 cm³/mol. The van der Waals surface area contributed by atoms with Crippen molar-refractivity contribution < 1.29 is 18.0 Å². The van der Waals surface area contributed by atoms with Crippen LogP contribution in [0.25, 0.3) is 0 Å². The van der Waals surface area contributed by atoms with Crippen molar-refractivity contribution in [3.05, 3.63) is 0 Å². The highest BCUT2D eigenvalue weighted by atomic mass is 32.2. The molecule has 2 nitrogen and oxygen atoms in total. The van der Waals surface area contributed by atoms with Crippen LogP contribution in [0.2, 0.25) is 0 Å². The molecule has 88 valence electrons. The maximum Gasteiger partial charge on any atom is 0.442 e. The normalized spacial score (nSPS) is 20.1. The van der Waals surface area contributed by atoms with Crippen molar-refractivity contribution >= 4 is 17.7 Å². The van der Waals surface area contributed by atoms with Gasteiger partial charge in [-0.3, -0.25) is 4.79 Å². The maximum absolute atomic E-state index is 12.0. The molecule has 1 aliphatic heterocycles. The third-order valence-electron chi connectivity index (χ3n) is 2.33. The molecule has 1 heterocycles. The lowest BCUT2D eigenvalue weighted by atomic mass is 10.1. The van der Waals surface area contributed by atoms with E-state index in [9.17, 15) is 18.0 Å². The first-order valence-corrected chi connectivity index (χ1v) is 5.81. The zero-order valence-corrected chi connectivity index (χ0v) is 9.33. The fourth-order valence-corrected chi connectivity index (χ4v) is 2.27. The lowest BCUT2D eigenvalue weighted by Crippen LogP contribution is -2.40. The standard InChI is InChI=1S/C9H14F3NOS/c1-7(15-9(10,11)12)8(14)13-5-3-2-4-6-13/h7H,2-6H2,1H3/t7-/m1/s1. The van der Waals surface area contributed by atoms with Crippen LogP contribution in [0, 0.1) is 0 Å². The summed E-state index contributed by atoms with van der Waals surface area (Å²) in [4.78, 5) is 13.1. The molecule has 0 bridgehead atoms. The topological polar surface area (TPSA) is 20.3 Å². The Bertz CT molecular complexity index is 226. The molecule has 1 amide bonds. The van der Waals surface area contributed by atoms with E-state index in [0.29, 0.717) is 13.1 Å². The highest BCUT2D eigenvalue weighted by Crippen LogP contribution is 2.34. The van der Waals surface area contributed by atoms with Crippen LogP contribution >= 0.6 is 11.8 Å². The molecule has 6 heteroatoms. The summed E-state index contributed by atoms with van der Waals surface area (Å²) < 4.78 is 36.1. The molecule has 1 aliphatic rings. The molecule has 0 aromatic heterocycles. The maximum atomic E-state index is 12.0. The van der Waals surface area contributed by atoms with Crippen molar-refractivity contribution in [1.82, 2.24) is 4.90 Å². The van der Waals surface area contributed by atoms with Crippen LogP contribution in [0.3, 0.4) is 0 Å². The Labute approximate surface area is 91.2 Å². The second-order valence-corrected chi connectivity index (χ2v) is 5.00. The Morgan fingerprint density at radius 3 is 2.27 bits per heavy atom. The van der Waals surface area contributed by atoms with E-state index in [1.165, 1.54) is 11.8 Å². The summed E-state index contributed by atoms with van der Waals surface area (Å²) in [5, 5.41) is -1.02. The average Bonchev–Trinajstić information content (AvgIpc) is 2.15. The first kappa shape index (κ1) is 12.7. The van der Waals surface area contributed by atoms with Gasteiger partial charge in [-0.25, -0.2) is 0 Å². The van der Waals surface area contributed by atoms with Crippen LogP contribution in [0.1, 0.15) is 26.2 Å². The molecule has 0 N–H and O–H groups in total. The number of hydrogen-bond acceptors (Lipinski definition) is 2. The van der Waals surface area contributed by atoms with Gasteiger partial charge >= 0.3 is 5.51 Å². The molecule has 1 saturated heterocycles. The zero-order chi connectivity index (χ0) is 11.5. The van der Waals surface area contributed by atoms with Crippen molar-refractivity contribution in [3.63, 3.8) is 0 Å². The van der Waals surface area contributed by atoms with Gasteiger partial charge in [-0.05, 0) is 37.9 Å². The Balaban J connectivity index is 2.44. The SMILES string of the molecule is C[C@@H](SC(F)(F)F)C(=O)N1CCCCC1. The van der Waals surface area contributed by atoms with Gasteiger partial charge in [0.05, 0.1) is 5.25 Å². The minimum absolute atomic E-state index is 0.233. The Kier molecular flexibility index (Phi) is 4.31. The molecule has 0 spiro atoms. The summed E-state index contributed by atoms with van der Waals surface area (Å²) >= 11 is -0.233. The summed E-state index contributed by atoms with van der Waals surface area (Å²) in [6.45, 7) is 2.51. The number of alkyl halides is 3. The van der Waals surface area contributed by atoms with Crippen molar-refractivity contribution in [3.8, 4) is 0 Å². The van der Waals surface area contributed by atoms with Gasteiger partial charge in [-0.15, -0.1) is 0 Å². The minimum Gasteiger partial charge on any atom is -0.342 e. The number of amides is 1. The van der Waals surface area contributed by atoms with Crippen molar-refractivity contribution in [2.45, 2.75) is 36.9 Å². The highest BCUT2D eigenvalue weighted by Gasteiger charge is 2.35. The molecule has 0 aromatic carbocycles. The van der Waals surface area contributed by atoms with E-state index >= 15 is 0 Å². The highest BCUT2D eigenvalue weighted by molar-refractivity contribution is 8.01. The van der Waals surface area contributed by atoms with E-state index in [1.54, 1.807) is 0 Å². The Morgan fingerprint density at radius 2 is 1.80 bits per heavy atom. The first-order valence-electron chi connectivity index (χ1n) is 4.93. The summed E-state index contributed by atoms with van der Waals surface area (Å²) in [7, 11) is 0. The van der Waals surface area contributed by atoms with E-state index in [4.69, 9.17) is 0 Å². The zero-order valence-electron chi connectivity index (χ0n) is 8.51. The number of carbonyl (C=O) groups excluding carboxylic acids is 1. The van der Waals surface area contributed by atoms with Crippen molar-refractivity contribution in [2.24, 2.45) is 0 Å². The van der Waals surface area contributed by atoms with Gasteiger partial charge in [0.25, 0.3) is 0 Å². The van der Waals surface area contributed by atoms with Gasteiger partial charge in [0, 0.05) is 13.1 Å². The number of hydrogen-bond donors (Lipinski definition) is 0. The second-order valence-electron chi connectivity index (χ2n) is 3.59. The van der Waals surface area contributed by atoms with Crippen LogP contribution < -0.4 is 0 Å². The predicted octanol–water partition coefficient (Wildman–Crippen LogP) is 2.64. The number of nitrogens with zero attached hydrogens (tertiary/aromatic N) is 1. The quantitative estimate of drug-likeness (QED) is 0.740. The number of piperidine rings is 1. The number of halogens is 3. The molecule has 1 rings (SSSR count). The fourth-order valence-electron chi connectivity index (χ4n) is 1.62. The molecule has 0 aliphatic carbocycles. The lowest BCUT2D eigenvalue weighted by molar-refractivity contribution is -0.131. The van der Waals surface area contributed by atoms with Crippen LogP contribution in [0.5, 0.6) is 0 Å². The monoisotopic (exact) mass is 241 g/mol. The van der Waals surface area contributed by atoms with E-state index in [0.717, 1.165) is 19.3 Å². The average molecular weight is 241 g/mol. The summed E-state index contributed by atoms with van der Waals surface area (Å²) in [6.07, 6.45) is 2.86. The number of likely N-dealkylation sites (tertiary alicyclic amines) is 1. The Hall–Kier alpha value is -0.390. The molecule has 0 unspecified atom stereocenters. The number of thioether (sulfide) groups is 1. The summed E-state index contributed by atoms with van der Waals surface area (Å²) in [5.74, 6) is -0.392. The molecule has 0 radical (unpaired) electrons. The Morgan fingerprint density at radius 1 is 1.27 bits per heavy atom. The van der Waals surface area contributed by atoms with Gasteiger partial charge in [0.1, 0.15) is 0 Å². The third-order valence-corrected chi connectivity index (χ3v) is 3.15. The van der Waals surface area contributed by atoms with E-state index in [2.05, 4.69) is 0 Å². The van der Waals surface area contributed by atoms with Gasteiger partial charge in [0.2, 0.25) is 5.91 Å². The van der Waals surface area contributed by atoms with Gasteiger partial charge < -0.3 is 4.90 Å². The molecule has 15 heavy (non-hydrogen) atoms. The van der Waals surface area contributed by atoms with E-state index in [-0.39, 0.29) is 11.8 Å². The number of carbonyl (C=O) groups is 1. The number of rotatable bonds is 2. The first-order chi connectivity index (χ1) is 6.90. The van der Waals surface area contributed by atoms with Crippen molar-refractivity contribution in [2.75, 3.05) is 13.1 Å². The molecule has 1 atom stereocenters. The molecule has 1 fully saturated rings. The minimum atomic E-state index is -4.33. The smallest absolute Gasteiger partial charge is 0.342 e. The van der Waals surface area contributed by atoms with Crippen LogP contribution in [-0.4, -0.2) is 34.7 Å². The van der Waals surface area contributed by atoms with Crippen LogP contribution in [0.4, 0.5) is 13.2 Å². The largest absolute Gasteiger partial charge is 0.442 e. The van der Waals surface area contributed by atoms with Crippen LogP contribution in [0.15, 0.2) is 0 Å². The molecule has 0 saturated carbocycles. The van der Waals surface area contributed by atoms with Gasteiger partial charge in [-0.1, -0.05) is 0 Å². The van der Waals surface area contributed by atoms with Crippen molar-refractivity contribution in [1.29, 1.82) is 0 Å². The van der Waals surface area contributed by atoms with E-state index in [1.807, 2.05) is 0 Å². The third kappa shape index (κ3) is 4.32.